The summed E-state index contributed by atoms with van der Waals surface area (Å²) in [5.74, 6) is 0. The van der Waals surface area contributed by atoms with Crippen LogP contribution in [0, 0.1) is 6.92 Å². The highest BCUT2D eigenvalue weighted by Crippen LogP contribution is 2.36. The van der Waals surface area contributed by atoms with E-state index in [-0.39, 0.29) is 34.9 Å². The van der Waals surface area contributed by atoms with Crippen LogP contribution in [0.3, 0.4) is 0 Å². The molecule has 136 valence electrons. The molecule has 2 aliphatic heterocycles. The van der Waals surface area contributed by atoms with Gasteiger partial charge in [0.25, 0.3) is 0 Å². The molecule has 1 N–H and O–H groups in total. The first kappa shape index (κ1) is 19.5. The second-order valence-electron chi connectivity index (χ2n) is 6.19. The van der Waals surface area contributed by atoms with Crippen molar-refractivity contribution in [3.63, 3.8) is 0 Å². The van der Waals surface area contributed by atoms with E-state index in [1.807, 2.05) is 0 Å². The summed E-state index contributed by atoms with van der Waals surface area (Å²) in [7, 11) is -3.79. The normalized spacial score (nSPS) is 25.2. The Morgan fingerprint density at radius 3 is 2.46 bits per heavy atom. The van der Waals surface area contributed by atoms with E-state index in [1.54, 1.807) is 0 Å². The van der Waals surface area contributed by atoms with Crippen molar-refractivity contribution in [2.45, 2.75) is 49.3 Å². The zero-order valence-electron chi connectivity index (χ0n) is 13.1. The molecule has 1 aromatic carbocycles. The Bertz CT molecular complexity index is 695. The first-order chi connectivity index (χ1) is 10.7. The fourth-order valence-corrected chi connectivity index (χ4v) is 5.67. The Labute approximate surface area is 145 Å². The molecule has 4 nitrogen and oxygen atoms in total. The van der Waals surface area contributed by atoms with Gasteiger partial charge in [0, 0.05) is 18.6 Å². The number of fused-ring (bicyclic) bond motifs is 2. The van der Waals surface area contributed by atoms with Crippen molar-refractivity contribution in [2.75, 3.05) is 13.1 Å². The highest BCUT2D eigenvalue weighted by atomic mass is 35.5. The minimum absolute atomic E-state index is 0. The number of halogens is 4. The molecule has 2 bridgehead atoms. The summed E-state index contributed by atoms with van der Waals surface area (Å²) >= 11 is 0. The molecule has 2 saturated heterocycles. The third-order valence-corrected chi connectivity index (χ3v) is 6.81. The van der Waals surface area contributed by atoms with Crippen molar-refractivity contribution in [1.29, 1.82) is 0 Å². The van der Waals surface area contributed by atoms with Gasteiger partial charge in [-0.25, -0.2) is 8.42 Å². The fourth-order valence-electron chi connectivity index (χ4n) is 3.56. The lowest BCUT2D eigenvalue weighted by Crippen LogP contribution is -2.42. The predicted molar refractivity (Wildman–Crippen MR) is 86.8 cm³/mol. The fraction of sp³-hybridized carbons (Fsp3) is 0.600. The molecule has 0 amide bonds. The summed E-state index contributed by atoms with van der Waals surface area (Å²) < 4.78 is 65.8. The number of hydrogen-bond acceptors (Lipinski definition) is 3. The minimum atomic E-state index is -4.47. The van der Waals surface area contributed by atoms with Crippen LogP contribution in [0.1, 0.15) is 30.4 Å². The number of nitrogens with zero attached hydrogens (tertiary/aromatic N) is 1. The van der Waals surface area contributed by atoms with Crippen molar-refractivity contribution in [1.82, 2.24) is 9.62 Å². The summed E-state index contributed by atoms with van der Waals surface area (Å²) in [6.07, 6.45) is -2.14. The standard InChI is InChI=1S/C15H19F3N2O2S.ClH/c1-10-8-11(15(16,17)18)2-5-14(10)23(21,22)20-12-3-4-13(20)9-19-7-6-12;/h2,5,8,12-13,19H,3-4,6-7,9H2,1H3;1H. The van der Waals surface area contributed by atoms with Crippen LogP contribution in [0.5, 0.6) is 0 Å². The molecule has 2 atom stereocenters. The molecular weight excluding hydrogens is 365 g/mol. The van der Waals surface area contributed by atoms with E-state index >= 15 is 0 Å². The lowest BCUT2D eigenvalue weighted by Gasteiger charge is -2.27. The zero-order valence-corrected chi connectivity index (χ0v) is 14.8. The quantitative estimate of drug-likeness (QED) is 0.852. The van der Waals surface area contributed by atoms with Gasteiger partial charge in [0.2, 0.25) is 10.0 Å². The summed E-state index contributed by atoms with van der Waals surface area (Å²) in [5.41, 5.74) is -0.689. The van der Waals surface area contributed by atoms with E-state index < -0.39 is 21.8 Å². The number of alkyl halides is 3. The van der Waals surface area contributed by atoms with Gasteiger partial charge in [-0.1, -0.05) is 0 Å². The number of nitrogens with one attached hydrogen (secondary N) is 1. The van der Waals surface area contributed by atoms with E-state index in [1.165, 1.54) is 11.2 Å². The molecule has 0 aromatic heterocycles. The Balaban J connectivity index is 0.00000208. The van der Waals surface area contributed by atoms with Crippen LogP contribution >= 0.6 is 12.4 Å². The van der Waals surface area contributed by atoms with Crippen LogP contribution in [-0.4, -0.2) is 37.9 Å². The highest BCUT2D eigenvalue weighted by molar-refractivity contribution is 7.89. The van der Waals surface area contributed by atoms with Gasteiger partial charge in [0.05, 0.1) is 10.5 Å². The maximum atomic E-state index is 13.0. The van der Waals surface area contributed by atoms with Crippen LogP contribution in [0.15, 0.2) is 23.1 Å². The molecular formula is C15H20ClF3N2O2S. The van der Waals surface area contributed by atoms with Crippen molar-refractivity contribution in [3.8, 4) is 0 Å². The SMILES string of the molecule is Cc1cc(C(F)(F)F)ccc1S(=O)(=O)N1C2CCNCC1CC2.Cl. The average Bonchev–Trinajstić information content (AvgIpc) is 2.71. The second kappa shape index (κ2) is 6.82. The Hall–Kier alpha value is -0.830. The Morgan fingerprint density at radius 1 is 1.17 bits per heavy atom. The topological polar surface area (TPSA) is 49.4 Å². The van der Waals surface area contributed by atoms with Gasteiger partial charge in [0.15, 0.2) is 0 Å². The number of benzene rings is 1. The van der Waals surface area contributed by atoms with E-state index in [2.05, 4.69) is 5.32 Å². The first-order valence-corrected chi connectivity index (χ1v) is 9.07. The predicted octanol–water partition coefficient (Wildman–Crippen LogP) is 2.95. The largest absolute Gasteiger partial charge is 0.416 e. The van der Waals surface area contributed by atoms with Crippen LogP contribution in [0.25, 0.3) is 0 Å². The van der Waals surface area contributed by atoms with E-state index in [0.717, 1.165) is 44.0 Å². The van der Waals surface area contributed by atoms with Gasteiger partial charge in [-0.05, 0) is 56.5 Å². The van der Waals surface area contributed by atoms with Crippen molar-refractivity contribution in [3.05, 3.63) is 29.3 Å². The molecule has 24 heavy (non-hydrogen) atoms. The molecule has 2 fully saturated rings. The lowest BCUT2D eigenvalue weighted by molar-refractivity contribution is -0.137. The third-order valence-electron chi connectivity index (χ3n) is 4.64. The van der Waals surface area contributed by atoms with Crippen molar-refractivity contribution in [2.24, 2.45) is 0 Å². The molecule has 2 heterocycles. The van der Waals surface area contributed by atoms with E-state index in [9.17, 15) is 21.6 Å². The molecule has 2 unspecified atom stereocenters. The van der Waals surface area contributed by atoms with E-state index in [4.69, 9.17) is 0 Å². The second-order valence-corrected chi connectivity index (χ2v) is 8.00. The number of sulfonamides is 1. The molecule has 0 spiro atoms. The molecule has 0 saturated carbocycles. The Kier molecular flexibility index (Phi) is 5.54. The molecule has 0 radical (unpaired) electrons. The van der Waals surface area contributed by atoms with Crippen molar-refractivity contribution < 1.29 is 21.6 Å². The maximum Gasteiger partial charge on any atom is 0.416 e. The lowest BCUT2D eigenvalue weighted by atomic mass is 10.1. The number of rotatable bonds is 2. The van der Waals surface area contributed by atoms with Crippen LogP contribution in [0.2, 0.25) is 0 Å². The number of aryl methyl sites for hydroxylation is 1. The minimum Gasteiger partial charge on any atom is -0.315 e. The summed E-state index contributed by atoms with van der Waals surface area (Å²) in [5, 5.41) is 3.22. The van der Waals surface area contributed by atoms with Gasteiger partial charge >= 0.3 is 6.18 Å². The molecule has 2 aliphatic rings. The first-order valence-electron chi connectivity index (χ1n) is 7.63. The van der Waals surface area contributed by atoms with Gasteiger partial charge in [-0.15, -0.1) is 12.4 Å². The Morgan fingerprint density at radius 2 is 1.83 bits per heavy atom. The van der Waals surface area contributed by atoms with Gasteiger partial charge < -0.3 is 5.32 Å². The summed E-state index contributed by atoms with van der Waals surface area (Å²) in [6, 6.07) is 2.66. The van der Waals surface area contributed by atoms with Crippen LogP contribution in [0.4, 0.5) is 13.2 Å². The van der Waals surface area contributed by atoms with E-state index in [0.29, 0.717) is 6.54 Å². The van der Waals surface area contributed by atoms with Crippen LogP contribution < -0.4 is 5.32 Å². The molecule has 1 aromatic rings. The molecule has 9 heteroatoms. The summed E-state index contributed by atoms with van der Waals surface area (Å²) in [4.78, 5) is -0.0238. The van der Waals surface area contributed by atoms with Gasteiger partial charge in [0.1, 0.15) is 0 Å². The highest BCUT2D eigenvalue weighted by Gasteiger charge is 2.43. The number of hydrogen-bond donors (Lipinski definition) is 1. The molecule has 0 aliphatic carbocycles. The average molecular weight is 385 g/mol. The third kappa shape index (κ3) is 3.42. The van der Waals surface area contributed by atoms with Crippen molar-refractivity contribution >= 4 is 22.4 Å². The zero-order chi connectivity index (χ0) is 16.8. The maximum absolute atomic E-state index is 13.0. The molecule has 3 rings (SSSR count). The monoisotopic (exact) mass is 384 g/mol. The van der Waals surface area contributed by atoms with Gasteiger partial charge in [-0.2, -0.15) is 17.5 Å². The smallest absolute Gasteiger partial charge is 0.315 e. The van der Waals surface area contributed by atoms with Crippen LogP contribution in [-0.2, 0) is 16.2 Å². The summed E-state index contributed by atoms with van der Waals surface area (Å²) in [6.45, 7) is 2.77. The van der Waals surface area contributed by atoms with Gasteiger partial charge in [-0.3, -0.25) is 0 Å².